The van der Waals surface area contributed by atoms with E-state index in [1.807, 2.05) is 13.8 Å². The highest BCUT2D eigenvalue weighted by molar-refractivity contribution is 7.92. The summed E-state index contributed by atoms with van der Waals surface area (Å²) in [4.78, 5) is 27.2. The van der Waals surface area contributed by atoms with Gasteiger partial charge in [-0.1, -0.05) is 44.2 Å². The predicted octanol–water partition coefficient (Wildman–Crippen LogP) is 3.10. The van der Waals surface area contributed by atoms with Gasteiger partial charge in [0.25, 0.3) is 0 Å². The number of carbonyl (C=O) groups is 2. The fourth-order valence-corrected chi connectivity index (χ4v) is 4.15. The Kier molecular flexibility index (Phi) is 9.40. The smallest absolute Gasteiger partial charge is 0.244 e. The number of aryl methyl sites for hydroxylation is 1. The van der Waals surface area contributed by atoms with Gasteiger partial charge in [0.15, 0.2) is 0 Å². The molecule has 180 valence electrons. The summed E-state index contributed by atoms with van der Waals surface area (Å²) < 4.78 is 40.4. The molecule has 7 nitrogen and oxygen atoms in total. The van der Waals surface area contributed by atoms with Gasteiger partial charge in [-0.25, -0.2) is 12.8 Å². The summed E-state index contributed by atoms with van der Waals surface area (Å²) in [6.45, 7) is 5.19. The first-order valence-corrected chi connectivity index (χ1v) is 12.8. The maximum Gasteiger partial charge on any atom is 0.244 e. The third-order valence-corrected chi connectivity index (χ3v) is 6.47. The number of halogens is 1. The molecule has 0 aliphatic rings. The van der Waals surface area contributed by atoms with Crippen molar-refractivity contribution >= 4 is 27.5 Å². The van der Waals surface area contributed by atoms with Crippen LogP contribution in [-0.2, 0) is 32.6 Å². The third-order valence-electron chi connectivity index (χ3n) is 5.33. The molecule has 9 heteroatoms. The van der Waals surface area contributed by atoms with Gasteiger partial charge < -0.3 is 10.2 Å². The summed E-state index contributed by atoms with van der Waals surface area (Å²) in [5, 5.41) is 2.74. The van der Waals surface area contributed by atoms with Crippen LogP contribution in [0, 0.1) is 5.82 Å². The minimum Gasteiger partial charge on any atom is -0.354 e. The van der Waals surface area contributed by atoms with Gasteiger partial charge in [-0.05, 0) is 43.5 Å². The number of hydrogen-bond acceptors (Lipinski definition) is 4. The molecule has 0 aromatic heterocycles. The predicted molar refractivity (Wildman–Crippen MR) is 128 cm³/mol. The van der Waals surface area contributed by atoms with Crippen molar-refractivity contribution in [2.75, 3.05) is 23.7 Å². The number of nitrogens with one attached hydrogen (secondary N) is 1. The topological polar surface area (TPSA) is 86.8 Å². The van der Waals surface area contributed by atoms with Gasteiger partial charge in [-0.15, -0.1) is 0 Å². The maximum absolute atomic E-state index is 14.3. The molecule has 2 aromatic rings. The standard InChI is InChI=1S/C24H32FN3O4S/c1-5-15-26-24(30)18(3)27(16-20-9-7-8-10-22(20)25)23(29)17-28(33(4,31)32)21-13-11-19(6-2)12-14-21/h7-14,18H,5-6,15-17H2,1-4H3,(H,26,30)/t18-/m1/s1. The number of anilines is 1. The van der Waals surface area contributed by atoms with Crippen molar-refractivity contribution in [1.29, 1.82) is 0 Å². The van der Waals surface area contributed by atoms with E-state index in [1.165, 1.54) is 23.1 Å². The number of sulfonamides is 1. The van der Waals surface area contributed by atoms with Crippen molar-refractivity contribution < 1.29 is 22.4 Å². The highest BCUT2D eigenvalue weighted by Gasteiger charge is 2.30. The van der Waals surface area contributed by atoms with Crippen LogP contribution in [0.25, 0.3) is 0 Å². The van der Waals surface area contributed by atoms with Crippen molar-refractivity contribution in [1.82, 2.24) is 10.2 Å². The number of hydrogen-bond donors (Lipinski definition) is 1. The van der Waals surface area contributed by atoms with Crippen LogP contribution in [0.1, 0.15) is 38.3 Å². The molecule has 0 heterocycles. The molecule has 0 spiro atoms. The molecule has 0 unspecified atom stereocenters. The van der Waals surface area contributed by atoms with Gasteiger partial charge in [0.05, 0.1) is 11.9 Å². The first kappa shape index (κ1) is 26.3. The van der Waals surface area contributed by atoms with Crippen LogP contribution in [0.3, 0.4) is 0 Å². The molecular formula is C24H32FN3O4S. The van der Waals surface area contributed by atoms with Crippen molar-refractivity contribution in [3.63, 3.8) is 0 Å². The first-order valence-electron chi connectivity index (χ1n) is 11.0. The van der Waals surface area contributed by atoms with E-state index in [4.69, 9.17) is 0 Å². The SMILES string of the molecule is CCCNC(=O)[C@@H](C)N(Cc1ccccc1F)C(=O)CN(c1ccc(CC)cc1)S(C)(=O)=O. The number of rotatable bonds is 11. The molecule has 2 rings (SSSR count). The van der Waals surface area contributed by atoms with Crippen LogP contribution >= 0.6 is 0 Å². The van der Waals surface area contributed by atoms with E-state index < -0.39 is 34.3 Å². The average molecular weight is 478 g/mol. The zero-order chi connectivity index (χ0) is 24.6. The van der Waals surface area contributed by atoms with E-state index in [1.54, 1.807) is 37.3 Å². The average Bonchev–Trinajstić information content (AvgIpc) is 2.79. The van der Waals surface area contributed by atoms with Gasteiger partial charge in [0.2, 0.25) is 21.8 Å². The number of benzene rings is 2. The van der Waals surface area contributed by atoms with Crippen LogP contribution in [-0.4, -0.2) is 50.5 Å². The maximum atomic E-state index is 14.3. The second kappa shape index (κ2) is 11.8. The zero-order valence-electron chi connectivity index (χ0n) is 19.5. The van der Waals surface area contributed by atoms with Crippen LogP contribution in [0.2, 0.25) is 0 Å². The van der Waals surface area contributed by atoms with Gasteiger partial charge >= 0.3 is 0 Å². The van der Waals surface area contributed by atoms with E-state index in [0.29, 0.717) is 12.2 Å². The lowest BCUT2D eigenvalue weighted by atomic mass is 10.1. The summed E-state index contributed by atoms with van der Waals surface area (Å²) in [6.07, 6.45) is 2.53. The molecule has 0 fully saturated rings. The molecule has 0 bridgehead atoms. The third kappa shape index (κ3) is 7.28. The van der Waals surface area contributed by atoms with E-state index in [-0.39, 0.29) is 18.0 Å². The summed E-state index contributed by atoms with van der Waals surface area (Å²) in [5.74, 6) is -1.51. The molecule has 1 N–H and O–H groups in total. The van der Waals surface area contributed by atoms with Crippen LogP contribution < -0.4 is 9.62 Å². The Labute approximate surface area is 195 Å². The minimum atomic E-state index is -3.80. The molecule has 0 saturated carbocycles. The fourth-order valence-electron chi connectivity index (χ4n) is 3.30. The van der Waals surface area contributed by atoms with Gasteiger partial charge in [-0.3, -0.25) is 13.9 Å². The van der Waals surface area contributed by atoms with Crippen molar-refractivity contribution in [3.05, 3.63) is 65.5 Å². The van der Waals surface area contributed by atoms with E-state index >= 15 is 0 Å². The molecule has 0 radical (unpaired) electrons. The molecule has 33 heavy (non-hydrogen) atoms. The minimum absolute atomic E-state index is 0.168. The van der Waals surface area contributed by atoms with Crippen LogP contribution in [0.4, 0.5) is 10.1 Å². The molecule has 0 saturated heterocycles. The van der Waals surface area contributed by atoms with Gasteiger partial charge in [-0.2, -0.15) is 0 Å². The summed E-state index contributed by atoms with van der Waals surface area (Å²) in [7, 11) is -3.80. The molecule has 0 aliphatic carbocycles. The van der Waals surface area contributed by atoms with Crippen molar-refractivity contribution in [2.45, 2.75) is 46.2 Å². The highest BCUT2D eigenvalue weighted by atomic mass is 32.2. The Hall–Kier alpha value is -2.94. The number of carbonyl (C=O) groups excluding carboxylic acids is 2. The highest BCUT2D eigenvalue weighted by Crippen LogP contribution is 2.20. The Morgan fingerprint density at radius 1 is 1.06 bits per heavy atom. The number of amides is 2. The second-order valence-electron chi connectivity index (χ2n) is 7.87. The van der Waals surface area contributed by atoms with Gasteiger partial charge in [0.1, 0.15) is 18.4 Å². The lowest BCUT2D eigenvalue weighted by molar-refractivity contribution is -0.139. The van der Waals surface area contributed by atoms with Crippen molar-refractivity contribution in [3.8, 4) is 0 Å². The quantitative estimate of drug-likeness (QED) is 0.539. The largest absolute Gasteiger partial charge is 0.354 e. The van der Waals surface area contributed by atoms with E-state index in [0.717, 1.165) is 29.0 Å². The lowest BCUT2D eigenvalue weighted by Gasteiger charge is -2.31. The summed E-state index contributed by atoms with van der Waals surface area (Å²) >= 11 is 0. The molecular weight excluding hydrogens is 445 g/mol. The van der Waals surface area contributed by atoms with E-state index in [9.17, 15) is 22.4 Å². The lowest BCUT2D eigenvalue weighted by Crippen LogP contribution is -2.51. The normalized spacial score (nSPS) is 12.2. The molecule has 0 aliphatic heterocycles. The van der Waals surface area contributed by atoms with Crippen LogP contribution in [0.15, 0.2) is 48.5 Å². The first-order chi connectivity index (χ1) is 15.6. The Morgan fingerprint density at radius 3 is 2.24 bits per heavy atom. The Morgan fingerprint density at radius 2 is 1.70 bits per heavy atom. The van der Waals surface area contributed by atoms with Crippen molar-refractivity contribution in [2.24, 2.45) is 0 Å². The monoisotopic (exact) mass is 477 g/mol. The Balaban J connectivity index is 2.37. The van der Waals surface area contributed by atoms with E-state index in [2.05, 4.69) is 5.32 Å². The second-order valence-corrected chi connectivity index (χ2v) is 9.78. The Bertz CT molecular complexity index is 1060. The molecule has 2 aromatic carbocycles. The fraction of sp³-hybridized carbons (Fsp3) is 0.417. The summed E-state index contributed by atoms with van der Waals surface area (Å²) in [6, 6.07) is 12.0. The van der Waals surface area contributed by atoms with Gasteiger partial charge in [0, 0.05) is 18.7 Å². The molecule has 1 atom stereocenters. The summed E-state index contributed by atoms with van der Waals surface area (Å²) in [5.41, 5.74) is 1.61. The molecule has 2 amide bonds. The number of nitrogens with zero attached hydrogens (tertiary/aromatic N) is 2. The van der Waals surface area contributed by atoms with Crippen LogP contribution in [0.5, 0.6) is 0 Å². The zero-order valence-corrected chi connectivity index (χ0v) is 20.4.